The second-order valence-electron chi connectivity index (χ2n) is 4.79. The van der Waals surface area contributed by atoms with Crippen molar-refractivity contribution in [3.8, 4) is 11.4 Å². The Kier molecular flexibility index (Phi) is 5.34. The number of tetrazole rings is 2. The molecule has 0 amide bonds. The molecule has 4 aromatic rings. The highest BCUT2D eigenvalue weighted by Crippen LogP contribution is 2.07. The van der Waals surface area contributed by atoms with Crippen LogP contribution in [0.3, 0.4) is 0 Å². The molecular weight excluding hydrogens is 382 g/mol. The number of hydrogen-bond donors (Lipinski definition) is 2. The number of hydrogen-bond acceptors (Lipinski definition) is 6. The van der Waals surface area contributed by atoms with Crippen molar-refractivity contribution in [2.75, 3.05) is 0 Å². The van der Waals surface area contributed by atoms with Crippen LogP contribution < -0.4 is 0 Å². The van der Waals surface area contributed by atoms with E-state index in [1.54, 1.807) is 24.3 Å². The Labute approximate surface area is 155 Å². The summed E-state index contributed by atoms with van der Waals surface area (Å²) in [6.07, 6.45) is 0. The summed E-state index contributed by atoms with van der Waals surface area (Å²) >= 11 is 9.73. The number of nitrogens with zero attached hydrogens (tertiary/aromatic N) is 6. The largest absolute Gasteiger partial charge is 0.242 e. The Hall–Kier alpha value is -3.12. The molecule has 2 N–H and O–H groups in total. The Morgan fingerprint density at radius 3 is 1.27 bits per heavy atom. The predicted molar refractivity (Wildman–Crippen MR) is 93.0 cm³/mol. The maximum absolute atomic E-state index is 12.6. The van der Waals surface area contributed by atoms with Crippen molar-refractivity contribution < 1.29 is 8.78 Å². The van der Waals surface area contributed by atoms with E-state index in [4.69, 9.17) is 24.4 Å². The fourth-order valence-electron chi connectivity index (χ4n) is 1.91. The molecule has 0 saturated heterocycles. The summed E-state index contributed by atoms with van der Waals surface area (Å²) in [5, 5.41) is 19.3. The van der Waals surface area contributed by atoms with E-state index in [0.29, 0.717) is 20.9 Å². The molecule has 4 rings (SSSR count). The van der Waals surface area contributed by atoms with Gasteiger partial charge in [-0.05, 0) is 73.0 Å². The molecule has 132 valence electrons. The normalized spacial score (nSPS) is 10.2. The summed E-state index contributed by atoms with van der Waals surface area (Å²) in [5.74, 6) is -0.578. The van der Waals surface area contributed by atoms with Crippen LogP contribution >= 0.6 is 24.4 Å². The molecule has 0 aliphatic rings. The maximum Gasteiger partial charge on any atom is 0.242 e. The molecule has 0 spiro atoms. The average Bonchev–Trinajstić information content (AvgIpc) is 3.25. The van der Waals surface area contributed by atoms with Gasteiger partial charge in [-0.25, -0.2) is 18.1 Å². The second-order valence-corrected chi connectivity index (χ2v) is 5.52. The van der Waals surface area contributed by atoms with Crippen LogP contribution in [-0.4, -0.2) is 40.4 Å². The molecule has 8 nitrogen and oxygen atoms in total. The van der Waals surface area contributed by atoms with Crippen LogP contribution in [0.2, 0.25) is 0 Å². The number of nitrogens with one attached hydrogen (secondary N) is 2. The summed E-state index contributed by atoms with van der Waals surface area (Å²) in [7, 11) is 0. The molecular formula is C14H10F2N8S2. The SMILES string of the molecule is Fc1ccc(-n2[nH]nnc2=S)cc1.Fc1ccc(-n2[nH]nnc2=S)cc1. The predicted octanol–water partition coefficient (Wildman–Crippen LogP) is 2.93. The minimum absolute atomic E-state index is 0.289. The first-order valence-corrected chi connectivity index (χ1v) is 7.88. The van der Waals surface area contributed by atoms with Crippen LogP contribution in [0.1, 0.15) is 0 Å². The molecule has 0 fully saturated rings. The van der Waals surface area contributed by atoms with E-state index >= 15 is 0 Å². The van der Waals surface area contributed by atoms with Gasteiger partial charge in [0.25, 0.3) is 0 Å². The van der Waals surface area contributed by atoms with Crippen molar-refractivity contribution >= 4 is 24.4 Å². The molecule has 0 saturated carbocycles. The number of aromatic amines is 2. The van der Waals surface area contributed by atoms with Crippen LogP contribution in [0, 0.1) is 21.2 Å². The van der Waals surface area contributed by atoms with E-state index in [2.05, 4.69) is 31.1 Å². The topological polar surface area (TPSA) is 93.0 Å². The molecule has 0 atom stereocenters. The Balaban J connectivity index is 0.000000151. The van der Waals surface area contributed by atoms with Gasteiger partial charge in [0.2, 0.25) is 9.54 Å². The highest BCUT2D eigenvalue weighted by Gasteiger charge is 1.99. The zero-order chi connectivity index (χ0) is 18.5. The molecule has 2 aromatic carbocycles. The highest BCUT2D eigenvalue weighted by molar-refractivity contribution is 7.71. The Morgan fingerprint density at radius 2 is 1.00 bits per heavy atom. The fraction of sp³-hybridized carbons (Fsp3) is 0. The smallest absolute Gasteiger partial charge is 0.210 e. The van der Waals surface area contributed by atoms with Gasteiger partial charge >= 0.3 is 0 Å². The third kappa shape index (κ3) is 4.10. The zero-order valence-corrected chi connectivity index (χ0v) is 14.5. The van der Waals surface area contributed by atoms with Gasteiger partial charge < -0.3 is 0 Å². The first kappa shape index (κ1) is 17.7. The lowest BCUT2D eigenvalue weighted by molar-refractivity contribution is 0.626. The highest BCUT2D eigenvalue weighted by atomic mass is 32.1. The summed E-state index contributed by atoms with van der Waals surface area (Å²) in [4.78, 5) is 0. The lowest BCUT2D eigenvalue weighted by Gasteiger charge is -1.98. The van der Waals surface area contributed by atoms with Gasteiger partial charge in [0.05, 0.1) is 11.4 Å². The Morgan fingerprint density at radius 1 is 0.654 bits per heavy atom. The summed E-state index contributed by atoms with van der Waals surface area (Å²) < 4.78 is 28.7. The molecule has 0 unspecified atom stereocenters. The van der Waals surface area contributed by atoms with Gasteiger partial charge in [-0.2, -0.15) is 10.4 Å². The fourth-order valence-corrected chi connectivity index (χ4v) is 2.29. The van der Waals surface area contributed by atoms with Crippen LogP contribution in [0.25, 0.3) is 11.4 Å². The van der Waals surface area contributed by atoms with Gasteiger partial charge in [-0.1, -0.05) is 20.6 Å². The summed E-state index contributed by atoms with van der Waals surface area (Å²) in [5.41, 5.74) is 1.41. The van der Waals surface area contributed by atoms with E-state index in [-0.39, 0.29) is 11.6 Å². The van der Waals surface area contributed by atoms with E-state index in [1.807, 2.05) is 0 Å². The molecule has 12 heteroatoms. The molecule has 0 radical (unpaired) electrons. The lowest BCUT2D eigenvalue weighted by atomic mass is 10.3. The first-order valence-electron chi connectivity index (χ1n) is 7.07. The van der Waals surface area contributed by atoms with Crippen molar-refractivity contribution in [2.45, 2.75) is 0 Å². The van der Waals surface area contributed by atoms with Crippen molar-refractivity contribution in [1.29, 1.82) is 0 Å². The molecule has 0 aliphatic heterocycles. The molecule has 2 heterocycles. The third-order valence-corrected chi connectivity index (χ3v) is 3.64. The van der Waals surface area contributed by atoms with Gasteiger partial charge in [0.1, 0.15) is 11.6 Å². The average molecular weight is 392 g/mol. The van der Waals surface area contributed by atoms with Crippen LogP contribution in [0.4, 0.5) is 8.78 Å². The number of benzene rings is 2. The van der Waals surface area contributed by atoms with E-state index in [1.165, 1.54) is 33.6 Å². The van der Waals surface area contributed by atoms with Gasteiger partial charge in [-0.15, -0.1) is 0 Å². The van der Waals surface area contributed by atoms with Gasteiger partial charge in [0.15, 0.2) is 0 Å². The minimum atomic E-state index is -0.289. The van der Waals surface area contributed by atoms with Crippen LogP contribution in [-0.2, 0) is 0 Å². The van der Waals surface area contributed by atoms with Crippen molar-refractivity contribution in [2.24, 2.45) is 0 Å². The molecule has 26 heavy (non-hydrogen) atoms. The van der Waals surface area contributed by atoms with Crippen LogP contribution in [0.15, 0.2) is 48.5 Å². The maximum atomic E-state index is 12.6. The van der Waals surface area contributed by atoms with E-state index in [9.17, 15) is 8.78 Å². The van der Waals surface area contributed by atoms with Gasteiger partial charge in [0, 0.05) is 0 Å². The van der Waals surface area contributed by atoms with Crippen LogP contribution in [0.5, 0.6) is 0 Å². The number of halogens is 2. The molecule has 0 aliphatic carbocycles. The number of rotatable bonds is 2. The molecule has 2 aromatic heterocycles. The lowest BCUT2D eigenvalue weighted by Crippen LogP contribution is -1.96. The summed E-state index contributed by atoms with van der Waals surface area (Å²) in [6, 6.07) is 11.7. The number of H-pyrrole nitrogens is 2. The minimum Gasteiger partial charge on any atom is -0.210 e. The quantitative estimate of drug-likeness (QED) is 0.510. The third-order valence-electron chi connectivity index (χ3n) is 3.11. The van der Waals surface area contributed by atoms with Gasteiger partial charge in [-0.3, -0.25) is 0 Å². The van der Waals surface area contributed by atoms with Crippen molar-refractivity contribution in [1.82, 2.24) is 40.4 Å². The first-order chi connectivity index (χ1) is 12.5. The van der Waals surface area contributed by atoms with Crippen molar-refractivity contribution in [3.05, 3.63) is 69.7 Å². The summed E-state index contributed by atoms with van der Waals surface area (Å²) in [6.45, 7) is 0. The Bertz CT molecular complexity index is 1010. The molecule has 0 bridgehead atoms. The standard InChI is InChI=1S/2C7H5FN4S/c2*8-5-1-3-6(4-2-5)12-7(13)9-10-11-12/h2*1-4H,(H,9,11,13). The number of aromatic nitrogens is 8. The van der Waals surface area contributed by atoms with E-state index < -0.39 is 0 Å². The monoisotopic (exact) mass is 392 g/mol. The zero-order valence-electron chi connectivity index (χ0n) is 12.9. The second kappa shape index (κ2) is 7.84. The van der Waals surface area contributed by atoms with Crippen molar-refractivity contribution in [3.63, 3.8) is 0 Å². The van der Waals surface area contributed by atoms with E-state index in [0.717, 1.165) is 0 Å².